The van der Waals surface area contributed by atoms with Crippen LogP contribution in [0.3, 0.4) is 0 Å². The van der Waals surface area contributed by atoms with Crippen molar-refractivity contribution in [3.63, 3.8) is 0 Å². The summed E-state index contributed by atoms with van der Waals surface area (Å²) >= 11 is 0. The minimum Gasteiger partial charge on any atom is -0.443 e. The topological polar surface area (TPSA) is 66.6 Å². The SMILES string of the molecule is O=C(c1ccccc1-c1cnco1)N1CCC(O)(Cc2ccc(F)cc2)CC1. The molecule has 2 aromatic carbocycles. The maximum absolute atomic E-state index is 13.1. The first-order chi connectivity index (χ1) is 13.5. The van der Waals surface area contributed by atoms with Crippen molar-refractivity contribution in [1.82, 2.24) is 9.88 Å². The van der Waals surface area contributed by atoms with Crippen LogP contribution >= 0.6 is 0 Å². The summed E-state index contributed by atoms with van der Waals surface area (Å²) in [6.45, 7) is 0.919. The first kappa shape index (κ1) is 18.4. The van der Waals surface area contributed by atoms with Gasteiger partial charge in [-0.3, -0.25) is 4.79 Å². The van der Waals surface area contributed by atoms with Crippen molar-refractivity contribution >= 4 is 5.91 Å². The van der Waals surface area contributed by atoms with Crippen molar-refractivity contribution < 1.29 is 18.7 Å². The van der Waals surface area contributed by atoms with E-state index >= 15 is 0 Å². The van der Waals surface area contributed by atoms with E-state index in [1.807, 2.05) is 18.2 Å². The van der Waals surface area contributed by atoms with Gasteiger partial charge >= 0.3 is 0 Å². The summed E-state index contributed by atoms with van der Waals surface area (Å²) in [6, 6.07) is 13.5. The number of benzene rings is 2. The molecule has 0 atom stereocenters. The number of rotatable bonds is 4. The van der Waals surface area contributed by atoms with Gasteiger partial charge in [0.25, 0.3) is 5.91 Å². The second kappa shape index (κ2) is 7.56. The molecular formula is C22H21FN2O3. The number of oxazole rings is 1. The van der Waals surface area contributed by atoms with Gasteiger partial charge in [-0.1, -0.05) is 30.3 Å². The standard InChI is InChI=1S/C22H21FN2O3/c23-17-7-5-16(6-8-17)13-22(27)9-11-25(12-10-22)21(26)19-4-2-1-3-18(19)20-14-24-15-28-20/h1-8,14-15,27H,9-13H2. The van der Waals surface area contributed by atoms with Gasteiger partial charge in [0.05, 0.1) is 17.4 Å². The summed E-state index contributed by atoms with van der Waals surface area (Å²) < 4.78 is 18.4. The number of carbonyl (C=O) groups excluding carboxylic acids is 1. The molecule has 1 fully saturated rings. The van der Waals surface area contributed by atoms with E-state index in [-0.39, 0.29) is 11.7 Å². The number of aliphatic hydroxyl groups is 1. The molecule has 1 aromatic heterocycles. The summed E-state index contributed by atoms with van der Waals surface area (Å²) in [4.78, 5) is 18.7. The fourth-order valence-corrected chi connectivity index (χ4v) is 3.69. The van der Waals surface area contributed by atoms with Gasteiger partial charge in [-0.2, -0.15) is 0 Å². The maximum atomic E-state index is 13.1. The summed E-state index contributed by atoms with van der Waals surface area (Å²) in [5.41, 5.74) is 1.26. The zero-order valence-electron chi connectivity index (χ0n) is 15.3. The minimum atomic E-state index is -0.890. The lowest BCUT2D eigenvalue weighted by Crippen LogP contribution is -2.47. The molecule has 4 rings (SSSR count). The zero-order valence-corrected chi connectivity index (χ0v) is 15.3. The number of hydrogen-bond acceptors (Lipinski definition) is 4. The quantitative estimate of drug-likeness (QED) is 0.750. The lowest BCUT2D eigenvalue weighted by atomic mass is 9.85. The van der Waals surface area contributed by atoms with Crippen molar-refractivity contribution in [3.8, 4) is 11.3 Å². The van der Waals surface area contributed by atoms with Crippen molar-refractivity contribution in [1.29, 1.82) is 0 Å². The third-order valence-electron chi connectivity index (χ3n) is 5.28. The molecule has 5 nitrogen and oxygen atoms in total. The highest BCUT2D eigenvalue weighted by atomic mass is 19.1. The number of hydrogen-bond donors (Lipinski definition) is 1. The number of carbonyl (C=O) groups is 1. The van der Waals surface area contributed by atoms with Crippen molar-refractivity contribution in [2.45, 2.75) is 24.9 Å². The predicted molar refractivity (Wildman–Crippen MR) is 102 cm³/mol. The number of aromatic nitrogens is 1. The molecule has 3 aromatic rings. The largest absolute Gasteiger partial charge is 0.443 e. The van der Waals surface area contributed by atoms with Crippen LogP contribution in [0.25, 0.3) is 11.3 Å². The highest BCUT2D eigenvalue weighted by Crippen LogP contribution is 2.29. The van der Waals surface area contributed by atoms with E-state index in [0.29, 0.717) is 49.2 Å². The van der Waals surface area contributed by atoms with Crippen LogP contribution in [-0.2, 0) is 6.42 Å². The third kappa shape index (κ3) is 3.82. The minimum absolute atomic E-state index is 0.0872. The van der Waals surface area contributed by atoms with Crippen LogP contribution in [0.15, 0.2) is 65.5 Å². The van der Waals surface area contributed by atoms with Crippen molar-refractivity contribution in [2.75, 3.05) is 13.1 Å². The van der Waals surface area contributed by atoms with Crippen molar-refractivity contribution in [2.24, 2.45) is 0 Å². The number of amides is 1. The Kier molecular flexibility index (Phi) is 4.96. The molecule has 0 unspecified atom stereocenters. The molecule has 0 spiro atoms. The highest BCUT2D eigenvalue weighted by Gasteiger charge is 2.34. The van der Waals surface area contributed by atoms with Crippen LogP contribution in [0, 0.1) is 5.82 Å². The fourth-order valence-electron chi connectivity index (χ4n) is 3.69. The summed E-state index contributed by atoms with van der Waals surface area (Å²) in [7, 11) is 0. The number of halogens is 1. The molecule has 0 radical (unpaired) electrons. The monoisotopic (exact) mass is 380 g/mol. The van der Waals surface area contributed by atoms with Gasteiger partial charge in [0, 0.05) is 25.1 Å². The molecular weight excluding hydrogens is 359 g/mol. The Morgan fingerprint density at radius 2 is 1.86 bits per heavy atom. The third-order valence-corrected chi connectivity index (χ3v) is 5.28. The van der Waals surface area contributed by atoms with Gasteiger partial charge in [-0.25, -0.2) is 9.37 Å². The van der Waals surface area contributed by atoms with Gasteiger partial charge in [0.15, 0.2) is 12.2 Å². The second-order valence-electron chi connectivity index (χ2n) is 7.23. The van der Waals surface area contributed by atoms with Crippen LogP contribution in [0.2, 0.25) is 0 Å². The van der Waals surface area contributed by atoms with Crippen LogP contribution in [0.4, 0.5) is 4.39 Å². The van der Waals surface area contributed by atoms with Crippen LogP contribution in [-0.4, -0.2) is 39.6 Å². The van der Waals surface area contributed by atoms with E-state index in [1.54, 1.807) is 29.3 Å². The normalized spacial score (nSPS) is 16.1. The molecule has 0 aliphatic carbocycles. The molecule has 1 N–H and O–H groups in total. The Morgan fingerprint density at radius 1 is 1.14 bits per heavy atom. The Balaban J connectivity index is 1.45. The Hall–Kier alpha value is -2.99. The first-order valence-electron chi connectivity index (χ1n) is 9.28. The average Bonchev–Trinajstić information content (AvgIpc) is 3.24. The lowest BCUT2D eigenvalue weighted by Gasteiger charge is -2.38. The van der Waals surface area contributed by atoms with E-state index in [0.717, 1.165) is 5.56 Å². The van der Waals surface area contributed by atoms with Gasteiger partial charge in [0.2, 0.25) is 0 Å². The molecule has 2 heterocycles. The van der Waals surface area contributed by atoms with E-state index in [4.69, 9.17) is 4.42 Å². The van der Waals surface area contributed by atoms with Gasteiger partial charge in [-0.15, -0.1) is 0 Å². The van der Waals surface area contributed by atoms with E-state index in [9.17, 15) is 14.3 Å². The second-order valence-corrected chi connectivity index (χ2v) is 7.23. The fraction of sp³-hybridized carbons (Fsp3) is 0.273. The van der Waals surface area contributed by atoms with Gasteiger partial charge in [0.1, 0.15) is 5.82 Å². The van der Waals surface area contributed by atoms with E-state index in [2.05, 4.69) is 4.98 Å². The van der Waals surface area contributed by atoms with Gasteiger partial charge < -0.3 is 14.4 Å². The van der Waals surface area contributed by atoms with E-state index in [1.165, 1.54) is 18.5 Å². The van der Waals surface area contributed by atoms with Crippen LogP contribution < -0.4 is 0 Å². The molecule has 1 amide bonds. The molecule has 1 aliphatic heterocycles. The van der Waals surface area contributed by atoms with Crippen molar-refractivity contribution in [3.05, 3.63) is 78.1 Å². The molecule has 1 saturated heterocycles. The molecule has 0 bridgehead atoms. The van der Waals surface area contributed by atoms with E-state index < -0.39 is 5.60 Å². The van der Waals surface area contributed by atoms with Gasteiger partial charge in [-0.05, 0) is 36.6 Å². The summed E-state index contributed by atoms with van der Waals surface area (Å²) in [5.74, 6) is 0.172. The Morgan fingerprint density at radius 3 is 2.54 bits per heavy atom. The van der Waals surface area contributed by atoms with Crippen LogP contribution in [0.1, 0.15) is 28.8 Å². The molecule has 144 valence electrons. The highest BCUT2D eigenvalue weighted by molar-refractivity contribution is 6.00. The Bertz CT molecular complexity index is 946. The molecule has 1 aliphatic rings. The number of likely N-dealkylation sites (tertiary alicyclic amines) is 1. The molecule has 6 heteroatoms. The molecule has 28 heavy (non-hydrogen) atoms. The summed E-state index contributed by atoms with van der Waals surface area (Å²) in [6.07, 6.45) is 4.32. The molecule has 0 saturated carbocycles. The number of nitrogens with zero attached hydrogens (tertiary/aromatic N) is 2. The smallest absolute Gasteiger partial charge is 0.254 e. The van der Waals surface area contributed by atoms with Crippen LogP contribution in [0.5, 0.6) is 0 Å². The maximum Gasteiger partial charge on any atom is 0.254 e. The predicted octanol–water partition coefficient (Wildman–Crippen LogP) is 3.69. The average molecular weight is 380 g/mol. The summed E-state index contributed by atoms with van der Waals surface area (Å²) in [5, 5.41) is 10.9. The lowest BCUT2D eigenvalue weighted by molar-refractivity contribution is -0.0162. The zero-order chi connectivity index (χ0) is 19.6. The number of piperidine rings is 1. The first-order valence-corrected chi connectivity index (χ1v) is 9.28. The Labute approximate surface area is 162 Å².